The second kappa shape index (κ2) is 7.33. The van der Waals surface area contributed by atoms with Gasteiger partial charge >= 0.3 is 12.0 Å². The van der Waals surface area contributed by atoms with Gasteiger partial charge in [0.15, 0.2) is 0 Å². The topological polar surface area (TPSA) is 64.1 Å². The molecule has 0 bridgehead atoms. The van der Waals surface area contributed by atoms with E-state index in [1.807, 2.05) is 11.9 Å². The highest BCUT2D eigenvalue weighted by Crippen LogP contribution is 2.09. The van der Waals surface area contributed by atoms with Crippen molar-refractivity contribution in [2.24, 2.45) is 0 Å². The van der Waals surface area contributed by atoms with Gasteiger partial charge in [-0.15, -0.1) is 0 Å². The lowest BCUT2D eigenvalue weighted by Gasteiger charge is -2.38. The summed E-state index contributed by atoms with van der Waals surface area (Å²) in [5.41, 5.74) is 0. The second-order valence-electron chi connectivity index (χ2n) is 5.09. The molecule has 19 heavy (non-hydrogen) atoms. The third kappa shape index (κ3) is 4.38. The number of carboxylic acid groups (broad SMARTS) is 1. The first-order valence-electron chi connectivity index (χ1n) is 6.94. The molecular formula is C13H25N3O3. The van der Waals surface area contributed by atoms with Gasteiger partial charge in [-0.2, -0.15) is 0 Å². The first-order valence-corrected chi connectivity index (χ1v) is 6.94. The van der Waals surface area contributed by atoms with E-state index in [1.165, 1.54) is 0 Å². The van der Waals surface area contributed by atoms with Crippen LogP contribution in [0, 0.1) is 0 Å². The molecule has 0 spiro atoms. The molecule has 0 radical (unpaired) electrons. The molecule has 1 fully saturated rings. The lowest BCUT2D eigenvalue weighted by molar-refractivity contribution is -0.143. The lowest BCUT2D eigenvalue weighted by Crippen LogP contribution is -2.55. The van der Waals surface area contributed by atoms with Crippen LogP contribution in [0.15, 0.2) is 0 Å². The van der Waals surface area contributed by atoms with Gasteiger partial charge in [0.2, 0.25) is 0 Å². The monoisotopic (exact) mass is 271 g/mol. The highest BCUT2D eigenvalue weighted by molar-refractivity contribution is 5.75. The predicted octanol–water partition coefficient (Wildman–Crippen LogP) is 0.929. The summed E-state index contributed by atoms with van der Waals surface area (Å²) in [5, 5.41) is 8.96. The number of hydrogen-bond acceptors (Lipinski definition) is 3. The van der Waals surface area contributed by atoms with E-state index in [0.29, 0.717) is 26.2 Å². The maximum Gasteiger partial charge on any atom is 0.320 e. The van der Waals surface area contributed by atoms with Crippen molar-refractivity contribution in [1.82, 2.24) is 14.7 Å². The van der Waals surface area contributed by atoms with Crippen LogP contribution in [-0.2, 0) is 4.79 Å². The van der Waals surface area contributed by atoms with Gasteiger partial charge < -0.3 is 14.9 Å². The van der Waals surface area contributed by atoms with Crippen LogP contribution in [0.25, 0.3) is 0 Å². The van der Waals surface area contributed by atoms with E-state index in [-0.39, 0.29) is 6.03 Å². The molecule has 1 rings (SSSR count). The Labute approximate surface area is 115 Å². The highest BCUT2D eigenvalue weighted by atomic mass is 16.4. The van der Waals surface area contributed by atoms with Crippen molar-refractivity contribution in [2.45, 2.75) is 32.7 Å². The molecule has 0 aliphatic carbocycles. The zero-order valence-corrected chi connectivity index (χ0v) is 12.1. The molecule has 1 aliphatic heterocycles. The number of rotatable bonds is 5. The van der Waals surface area contributed by atoms with E-state index in [0.717, 1.165) is 19.4 Å². The van der Waals surface area contributed by atoms with Crippen molar-refractivity contribution in [1.29, 1.82) is 0 Å². The zero-order valence-electron chi connectivity index (χ0n) is 12.1. The van der Waals surface area contributed by atoms with Gasteiger partial charge in [-0.25, -0.2) is 4.79 Å². The molecule has 0 aromatic heterocycles. The first kappa shape index (κ1) is 15.8. The molecule has 1 N–H and O–H groups in total. The van der Waals surface area contributed by atoms with E-state index in [9.17, 15) is 9.59 Å². The maximum atomic E-state index is 12.1. The van der Waals surface area contributed by atoms with Crippen LogP contribution in [0.4, 0.5) is 4.79 Å². The summed E-state index contributed by atoms with van der Waals surface area (Å²) in [6.45, 7) is 7.03. The van der Waals surface area contributed by atoms with Crippen molar-refractivity contribution in [2.75, 3.05) is 39.8 Å². The fourth-order valence-electron chi connectivity index (χ4n) is 2.19. The van der Waals surface area contributed by atoms with Crippen molar-refractivity contribution in [3.8, 4) is 0 Å². The van der Waals surface area contributed by atoms with Crippen LogP contribution >= 0.6 is 0 Å². The SMILES string of the molecule is CCCCN(C)C(=O)N1CCN(C(C)C(=O)O)CC1. The van der Waals surface area contributed by atoms with Crippen molar-refractivity contribution in [3.05, 3.63) is 0 Å². The number of amides is 2. The molecule has 0 saturated carbocycles. The van der Waals surface area contributed by atoms with Crippen LogP contribution in [0.2, 0.25) is 0 Å². The summed E-state index contributed by atoms with van der Waals surface area (Å²) in [6, 6.07) is -0.425. The number of carbonyl (C=O) groups is 2. The van der Waals surface area contributed by atoms with Gasteiger partial charge in [-0.3, -0.25) is 9.69 Å². The van der Waals surface area contributed by atoms with Gasteiger partial charge in [0.05, 0.1) is 0 Å². The fourth-order valence-corrected chi connectivity index (χ4v) is 2.19. The van der Waals surface area contributed by atoms with Gasteiger partial charge in [0.1, 0.15) is 6.04 Å². The molecule has 1 heterocycles. The molecule has 0 aromatic rings. The Morgan fingerprint density at radius 2 is 1.84 bits per heavy atom. The number of unbranched alkanes of at least 4 members (excludes halogenated alkanes) is 1. The molecule has 2 amide bonds. The Morgan fingerprint density at radius 3 is 2.32 bits per heavy atom. The zero-order chi connectivity index (χ0) is 14.4. The second-order valence-corrected chi connectivity index (χ2v) is 5.09. The molecule has 0 aromatic carbocycles. The van der Waals surface area contributed by atoms with E-state index in [4.69, 9.17) is 5.11 Å². The van der Waals surface area contributed by atoms with Crippen LogP contribution in [0.3, 0.4) is 0 Å². The average molecular weight is 271 g/mol. The Balaban J connectivity index is 2.40. The van der Waals surface area contributed by atoms with Crippen molar-refractivity contribution < 1.29 is 14.7 Å². The molecular weight excluding hydrogens is 246 g/mol. The Bertz CT molecular complexity index is 314. The summed E-state index contributed by atoms with van der Waals surface area (Å²) >= 11 is 0. The molecule has 6 nitrogen and oxygen atoms in total. The summed E-state index contributed by atoms with van der Waals surface area (Å²) in [6.07, 6.45) is 2.08. The number of hydrogen-bond donors (Lipinski definition) is 1. The van der Waals surface area contributed by atoms with Gasteiger partial charge in [0, 0.05) is 39.8 Å². The number of nitrogens with zero attached hydrogens (tertiary/aromatic N) is 3. The third-order valence-corrected chi connectivity index (χ3v) is 3.66. The summed E-state index contributed by atoms with van der Waals surface area (Å²) in [4.78, 5) is 28.5. The molecule has 1 saturated heterocycles. The smallest absolute Gasteiger partial charge is 0.320 e. The van der Waals surface area contributed by atoms with Gasteiger partial charge in [-0.05, 0) is 13.3 Å². The fraction of sp³-hybridized carbons (Fsp3) is 0.846. The largest absolute Gasteiger partial charge is 0.480 e. The minimum absolute atomic E-state index is 0.0519. The van der Waals surface area contributed by atoms with Crippen LogP contribution in [0.1, 0.15) is 26.7 Å². The minimum atomic E-state index is -0.806. The third-order valence-electron chi connectivity index (χ3n) is 3.66. The number of carbonyl (C=O) groups excluding carboxylic acids is 1. The van der Waals surface area contributed by atoms with Crippen molar-refractivity contribution >= 4 is 12.0 Å². The normalized spacial score (nSPS) is 18.2. The first-order chi connectivity index (χ1) is 8.97. The summed E-state index contributed by atoms with van der Waals surface area (Å²) in [7, 11) is 1.82. The highest BCUT2D eigenvalue weighted by Gasteiger charge is 2.28. The van der Waals surface area contributed by atoms with Crippen molar-refractivity contribution in [3.63, 3.8) is 0 Å². The molecule has 1 atom stereocenters. The standard InChI is InChI=1S/C13H25N3O3/c1-4-5-6-14(3)13(19)16-9-7-15(8-10-16)11(2)12(17)18/h11H,4-10H2,1-3H3,(H,17,18). The quantitative estimate of drug-likeness (QED) is 0.808. The van der Waals surface area contributed by atoms with Crippen LogP contribution in [-0.4, -0.2) is 77.6 Å². The minimum Gasteiger partial charge on any atom is -0.480 e. The Hall–Kier alpha value is -1.30. The van der Waals surface area contributed by atoms with Gasteiger partial charge in [0.25, 0.3) is 0 Å². The molecule has 1 unspecified atom stereocenters. The molecule has 1 aliphatic rings. The number of aliphatic carboxylic acids is 1. The number of urea groups is 1. The van der Waals surface area contributed by atoms with E-state index >= 15 is 0 Å². The molecule has 110 valence electrons. The van der Waals surface area contributed by atoms with E-state index in [1.54, 1.807) is 16.7 Å². The lowest BCUT2D eigenvalue weighted by atomic mass is 10.2. The van der Waals surface area contributed by atoms with E-state index in [2.05, 4.69) is 6.92 Å². The van der Waals surface area contributed by atoms with E-state index < -0.39 is 12.0 Å². The number of piperazine rings is 1. The summed E-state index contributed by atoms with van der Waals surface area (Å²) < 4.78 is 0. The Morgan fingerprint density at radius 1 is 1.26 bits per heavy atom. The van der Waals surface area contributed by atoms with Crippen LogP contribution in [0.5, 0.6) is 0 Å². The average Bonchev–Trinajstić information content (AvgIpc) is 2.43. The molecule has 6 heteroatoms. The Kier molecular flexibility index (Phi) is 6.08. The summed E-state index contributed by atoms with van der Waals surface area (Å²) in [5.74, 6) is -0.806. The predicted molar refractivity (Wildman–Crippen MR) is 73.2 cm³/mol. The van der Waals surface area contributed by atoms with Gasteiger partial charge in [-0.1, -0.05) is 13.3 Å². The maximum absolute atomic E-state index is 12.1. The number of carboxylic acids is 1. The van der Waals surface area contributed by atoms with Crippen LogP contribution < -0.4 is 0 Å².